The lowest BCUT2D eigenvalue weighted by Crippen LogP contribution is -1.98. The highest BCUT2D eigenvalue weighted by Gasteiger charge is 2.03. The van der Waals surface area contributed by atoms with Crippen LogP contribution in [-0.2, 0) is 4.74 Å². The van der Waals surface area contributed by atoms with Crippen molar-refractivity contribution in [3.8, 4) is 0 Å². The number of aliphatic hydroxyl groups excluding tert-OH is 1. The number of carbonyl (C=O) groups is 1. The van der Waals surface area contributed by atoms with Gasteiger partial charge in [0, 0.05) is 18.2 Å². The van der Waals surface area contributed by atoms with Crippen molar-refractivity contribution >= 4 is 6.29 Å². The molecule has 0 aliphatic rings. The van der Waals surface area contributed by atoms with Gasteiger partial charge in [-0.15, -0.1) is 0 Å². The quantitative estimate of drug-likeness (QED) is 0.541. The van der Waals surface area contributed by atoms with E-state index in [0.717, 1.165) is 6.29 Å². The summed E-state index contributed by atoms with van der Waals surface area (Å²) < 4.78 is 4.68. The fraction of sp³-hybridized carbons (Fsp3) is 0.222. The van der Waals surface area contributed by atoms with Gasteiger partial charge in [0.05, 0.1) is 0 Å². The highest BCUT2D eigenvalue weighted by molar-refractivity contribution is 5.74. The van der Waals surface area contributed by atoms with E-state index in [0.29, 0.717) is 11.1 Å². The van der Waals surface area contributed by atoms with Crippen molar-refractivity contribution in [2.24, 2.45) is 0 Å². The van der Waals surface area contributed by atoms with E-state index in [1.54, 1.807) is 24.3 Å². The zero-order valence-corrected chi connectivity index (χ0v) is 6.73. The second-order valence-corrected chi connectivity index (χ2v) is 2.37. The molecule has 3 nitrogen and oxygen atoms in total. The molecule has 0 heterocycles. The van der Waals surface area contributed by atoms with Crippen molar-refractivity contribution in [3.63, 3.8) is 0 Å². The number of rotatable bonds is 3. The molecule has 1 aromatic rings. The summed E-state index contributed by atoms with van der Waals surface area (Å²) in [4.78, 5) is 10.3. The summed E-state index contributed by atoms with van der Waals surface area (Å²) in [6, 6.07) is 6.56. The molecular weight excluding hydrogens is 156 g/mol. The van der Waals surface area contributed by atoms with Crippen LogP contribution in [0.2, 0.25) is 0 Å². The summed E-state index contributed by atoms with van der Waals surface area (Å²) in [5.41, 5.74) is 1.23. The third-order valence-electron chi connectivity index (χ3n) is 1.58. The molecule has 0 bridgehead atoms. The maximum Gasteiger partial charge on any atom is 0.180 e. The molecule has 1 aromatic carbocycles. The highest BCUT2D eigenvalue weighted by Crippen LogP contribution is 2.12. The van der Waals surface area contributed by atoms with E-state index in [4.69, 9.17) is 0 Å². The molecule has 0 aliphatic carbocycles. The summed E-state index contributed by atoms with van der Waals surface area (Å²) in [6.45, 7) is 0. The predicted octanol–water partition coefficient (Wildman–Crippen LogP) is 1.14. The number of ether oxygens (including phenoxy) is 1. The molecule has 1 rings (SSSR count). The fourth-order valence-corrected chi connectivity index (χ4v) is 0.875. The van der Waals surface area contributed by atoms with Crippen molar-refractivity contribution in [3.05, 3.63) is 35.4 Å². The lowest BCUT2D eigenvalue weighted by atomic mass is 10.1. The van der Waals surface area contributed by atoms with Crippen molar-refractivity contribution in [2.75, 3.05) is 7.11 Å². The SMILES string of the molecule is COC(O)c1ccc(C=O)cc1. The summed E-state index contributed by atoms with van der Waals surface area (Å²) in [5, 5.41) is 9.18. The van der Waals surface area contributed by atoms with E-state index in [-0.39, 0.29) is 0 Å². The lowest BCUT2D eigenvalue weighted by molar-refractivity contribution is -0.0769. The maximum absolute atomic E-state index is 10.3. The molecule has 0 saturated carbocycles. The topological polar surface area (TPSA) is 46.5 Å². The molecule has 1 unspecified atom stereocenters. The minimum atomic E-state index is -0.911. The first-order valence-corrected chi connectivity index (χ1v) is 3.54. The third-order valence-corrected chi connectivity index (χ3v) is 1.58. The number of carbonyl (C=O) groups excluding carboxylic acids is 1. The fourth-order valence-electron chi connectivity index (χ4n) is 0.875. The van der Waals surface area contributed by atoms with E-state index < -0.39 is 6.29 Å². The Morgan fingerprint density at radius 1 is 1.42 bits per heavy atom. The van der Waals surface area contributed by atoms with Crippen LogP contribution in [-0.4, -0.2) is 18.5 Å². The average Bonchev–Trinajstić information content (AvgIpc) is 2.17. The molecule has 0 aliphatic heterocycles. The van der Waals surface area contributed by atoms with Gasteiger partial charge in [0.1, 0.15) is 6.29 Å². The van der Waals surface area contributed by atoms with Crippen molar-refractivity contribution < 1.29 is 14.6 Å². The maximum atomic E-state index is 10.3. The van der Waals surface area contributed by atoms with Crippen molar-refractivity contribution in [1.29, 1.82) is 0 Å². The molecule has 1 N–H and O–H groups in total. The molecule has 0 radical (unpaired) electrons. The zero-order chi connectivity index (χ0) is 8.97. The molecule has 0 fully saturated rings. The molecule has 0 saturated heterocycles. The van der Waals surface area contributed by atoms with Gasteiger partial charge in [-0.1, -0.05) is 24.3 Å². The van der Waals surface area contributed by atoms with Crippen LogP contribution in [0, 0.1) is 0 Å². The first-order valence-electron chi connectivity index (χ1n) is 3.54. The summed E-state index contributed by atoms with van der Waals surface area (Å²) in [5.74, 6) is 0. The van der Waals surface area contributed by atoms with Gasteiger partial charge in [0.2, 0.25) is 0 Å². The molecular formula is C9H10O3. The van der Waals surface area contributed by atoms with Crippen molar-refractivity contribution in [1.82, 2.24) is 0 Å². The van der Waals surface area contributed by atoms with E-state index in [2.05, 4.69) is 4.74 Å². The van der Waals surface area contributed by atoms with Crippen LogP contribution < -0.4 is 0 Å². The minimum absolute atomic E-state index is 0.585. The molecule has 12 heavy (non-hydrogen) atoms. The summed E-state index contributed by atoms with van der Waals surface area (Å²) in [7, 11) is 1.41. The van der Waals surface area contributed by atoms with Crippen LogP contribution in [0.25, 0.3) is 0 Å². The van der Waals surface area contributed by atoms with Crippen molar-refractivity contribution in [2.45, 2.75) is 6.29 Å². The minimum Gasteiger partial charge on any atom is -0.364 e. The standard InChI is InChI=1S/C9H10O3/c1-12-9(11)8-4-2-7(6-10)3-5-8/h2-6,9,11H,1H3. The van der Waals surface area contributed by atoms with Crippen LogP contribution in [0.1, 0.15) is 22.2 Å². The van der Waals surface area contributed by atoms with Gasteiger partial charge in [0.15, 0.2) is 6.29 Å². The van der Waals surface area contributed by atoms with Gasteiger partial charge < -0.3 is 9.84 Å². The first-order chi connectivity index (χ1) is 5.77. The van der Waals surface area contributed by atoms with Gasteiger partial charge >= 0.3 is 0 Å². The van der Waals surface area contributed by atoms with Gasteiger partial charge in [-0.05, 0) is 0 Å². The number of hydrogen-bond acceptors (Lipinski definition) is 3. The van der Waals surface area contributed by atoms with Gasteiger partial charge in [-0.3, -0.25) is 4.79 Å². The monoisotopic (exact) mass is 166 g/mol. The predicted molar refractivity (Wildman–Crippen MR) is 43.8 cm³/mol. The van der Waals surface area contributed by atoms with E-state index in [9.17, 15) is 9.90 Å². The smallest absolute Gasteiger partial charge is 0.180 e. The van der Waals surface area contributed by atoms with Crippen LogP contribution in [0.5, 0.6) is 0 Å². The number of methoxy groups -OCH3 is 1. The highest BCUT2D eigenvalue weighted by atomic mass is 16.6. The zero-order valence-electron chi connectivity index (χ0n) is 6.73. The van der Waals surface area contributed by atoms with E-state index in [1.165, 1.54) is 7.11 Å². The Labute approximate surface area is 70.6 Å². The molecule has 3 heteroatoms. The number of aldehydes is 1. The Bertz CT molecular complexity index is 253. The molecule has 0 aromatic heterocycles. The summed E-state index contributed by atoms with van der Waals surface area (Å²) >= 11 is 0. The lowest BCUT2D eigenvalue weighted by Gasteiger charge is -2.07. The number of benzene rings is 1. The Morgan fingerprint density at radius 3 is 2.42 bits per heavy atom. The second-order valence-electron chi connectivity index (χ2n) is 2.37. The van der Waals surface area contributed by atoms with Crippen LogP contribution in [0.3, 0.4) is 0 Å². The first kappa shape index (κ1) is 8.90. The van der Waals surface area contributed by atoms with Gasteiger partial charge in [-0.2, -0.15) is 0 Å². The Balaban J connectivity index is 2.84. The van der Waals surface area contributed by atoms with E-state index in [1.807, 2.05) is 0 Å². The molecule has 1 atom stereocenters. The number of hydrogen-bond donors (Lipinski definition) is 1. The van der Waals surface area contributed by atoms with Gasteiger partial charge in [-0.25, -0.2) is 0 Å². The van der Waals surface area contributed by atoms with Gasteiger partial charge in [0.25, 0.3) is 0 Å². The Kier molecular flexibility index (Phi) is 2.96. The molecule has 0 amide bonds. The Morgan fingerprint density at radius 2 is 2.00 bits per heavy atom. The van der Waals surface area contributed by atoms with Crippen LogP contribution >= 0.6 is 0 Å². The Hall–Kier alpha value is -1.19. The number of aliphatic hydroxyl groups is 1. The normalized spacial score (nSPS) is 12.5. The summed E-state index contributed by atoms with van der Waals surface area (Å²) in [6.07, 6.45) is -0.158. The molecule has 64 valence electrons. The van der Waals surface area contributed by atoms with Crippen LogP contribution in [0.4, 0.5) is 0 Å². The third kappa shape index (κ3) is 1.90. The van der Waals surface area contributed by atoms with E-state index >= 15 is 0 Å². The molecule has 0 spiro atoms. The largest absolute Gasteiger partial charge is 0.364 e. The average molecular weight is 166 g/mol. The van der Waals surface area contributed by atoms with Crippen LogP contribution in [0.15, 0.2) is 24.3 Å². The second kappa shape index (κ2) is 3.99.